The SMILES string of the molecule is CC/C=C\C/C=C\C/C=C\C/C=C\C/C=C\C/C=C\C/C=C\C/C=C\C/C=C\C/C=C\CCCCC(=O)OCC(COC(=O)CCCCCCC/C=C\CCCCC)OC(=O)CCCCCCCCC/C=C\CCCCCCCCC. The zero-order chi connectivity index (χ0) is 58.5. The van der Waals surface area contributed by atoms with E-state index >= 15 is 0 Å². The van der Waals surface area contributed by atoms with Crippen molar-refractivity contribution in [2.45, 2.75) is 297 Å². The quantitative estimate of drug-likeness (QED) is 0.0261. The van der Waals surface area contributed by atoms with E-state index in [1.54, 1.807) is 0 Å². The first-order chi connectivity index (χ1) is 40.0. The Bertz CT molecular complexity index is 1760. The van der Waals surface area contributed by atoms with E-state index in [4.69, 9.17) is 14.2 Å². The highest BCUT2D eigenvalue weighted by Gasteiger charge is 2.19. The Balaban J connectivity index is 4.38. The standard InChI is InChI=1S/C75H122O6/c1-4-7-10-13-16-19-22-25-27-29-31-32-33-34-35-36-37-38-39-40-41-42-43-44-45-47-48-50-53-56-59-62-65-68-74(77)80-71-72(70-79-73(76)67-64-61-58-55-52-24-21-18-15-12-9-6-3)81-75(78)69-66-63-60-57-54-51-49-46-30-28-26-23-20-17-14-11-8-5-2/h7,10,16,18-19,21,25,27-28,30-32,34-35,37-38,40-41,43-44,47-48,53,56,72H,4-6,8-9,11-15,17,20,22-24,26,29,33,36,39,42,45-46,49-52,54-55,57-71H2,1-3H3/b10-7-,19-16-,21-18-,27-25-,30-28-,32-31-,35-34-,38-37-,41-40-,44-43-,48-47-,56-53-. The number of ether oxygens (including phenoxy) is 3. The maximum absolute atomic E-state index is 12.9. The molecule has 1 atom stereocenters. The molecule has 0 rings (SSSR count). The summed E-state index contributed by atoms with van der Waals surface area (Å²) < 4.78 is 16.9. The van der Waals surface area contributed by atoms with E-state index in [0.29, 0.717) is 25.7 Å². The van der Waals surface area contributed by atoms with Gasteiger partial charge >= 0.3 is 17.9 Å². The van der Waals surface area contributed by atoms with Crippen molar-refractivity contribution < 1.29 is 28.6 Å². The molecule has 458 valence electrons. The second kappa shape index (κ2) is 67.8. The van der Waals surface area contributed by atoms with Gasteiger partial charge in [0.15, 0.2) is 6.10 Å². The fourth-order valence-corrected chi connectivity index (χ4v) is 8.81. The lowest BCUT2D eigenvalue weighted by molar-refractivity contribution is -0.167. The fraction of sp³-hybridized carbons (Fsp3) is 0.640. The Kier molecular flexibility index (Phi) is 63.9. The van der Waals surface area contributed by atoms with Gasteiger partial charge in [0, 0.05) is 19.3 Å². The normalized spacial score (nSPS) is 13.1. The molecule has 6 nitrogen and oxygen atoms in total. The van der Waals surface area contributed by atoms with Gasteiger partial charge in [-0.15, -0.1) is 0 Å². The van der Waals surface area contributed by atoms with Crippen LogP contribution in [0.4, 0.5) is 0 Å². The Morgan fingerprint density at radius 1 is 0.259 bits per heavy atom. The van der Waals surface area contributed by atoms with E-state index in [1.807, 2.05) is 0 Å². The van der Waals surface area contributed by atoms with Gasteiger partial charge in [0.05, 0.1) is 0 Å². The summed E-state index contributed by atoms with van der Waals surface area (Å²) in [6.45, 7) is 6.46. The summed E-state index contributed by atoms with van der Waals surface area (Å²) in [4.78, 5) is 38.3. The van der Waals surface area contributed by atoms with E-state index < -0.39 is 6.10 Å². The smallest absolute Gasteiger partial charge is 0.306 e. The van der Waals surface area contributed by atoms with Crippen LogP contribution >= 0.6 is 0 Å². The molecule has 0 saturated carbocycles. The van der Waals surface area contributed by atoms with E-state index in [1.165, 1.54) is 116 Å². The van der Waals surface area contributed by atoms with Crippen LogP contribution in [0.1, 0.15) is 290 Å². The summed E-state index contributed by atoms with van der Waals surface area (Å²) in [5.41, 5.74) is 0. The van der Waals surface area contributed by atoms with Gasteiger partial charge in [-0.05, 0) is 148 Å². The van der Waals surface area contributed by atoms with Crippen LogP contribution in [0.2, 0.25) is 0 Å². The minimum absolute atomic E-state index is 0.101. The number of hydrogen-bond donors (Lipinski definition) is 0. The Hall–Kier alpha value is -4.71. The number of allylic oxidation sites excluding steroid dienone is 24. The second-order valence-electron chi connectivity index (χ2n) is 21.6. The third-order valence-electron chi connectivity index (χ3n) is 13.8. The number of esters is 3. The second-order valence-corrected chi connectivity index (χ2v) is 21.6. The largest absolute Gasteiger partial charge is 0.462 e. The van der Waals surface area contributed by atoms with Crippen LogP contribution in [0.5, 0.6) is 0 Å². The Labute approximate surface area is 499 Å². The third kappa shape index (κ3) is 66.0. The molecule has 0 aromatic carbocycles. The topological polar surface area (TPSA) is 78.9 Å². The first kappa shape index (κ1) is 76.3. The van der Waals surface area contributed by atoms with Gasteiger partial charge in [-0.1, -0.05) is 269 Å². The molecule has 0 fully saturated rings. The molecule has 0 spiro atoms. The lowest BCUT2D eigenvalue weighted by Crippen LogP contribution is -2.30. The highest BCUT2D eigenvalue weighted by molar-refractivity contribution is 5.71. The van der Waals surface area contributed by atoms with Crippen molar-refractivity contribution in [3.8, 4) is 0 Å². The molecule has 0 heterocycles. The molecule has 0 aliphatic heterocycles. The summed E-state index contributed by atoms with van der Waals surface area (Å²) >= 11 is 0. The van der Waals surface area contributed by atoms with Crippen molar-refractivity contribution in [1.29, 1.82) is 0 Å². The number of carbonyl (C=O) groups excluding carboxylic acids is 3. The van der Waals surface area contributed by atoms with Crippen molar-refractivity contribution in [3.63, 3.8) is 0 Å². The molecule has 0 amide bonds. The van der Waals surface area contributed by atoms with Crippen LogP contribution in [0.15, 0.2) is 146 Å². The lowest BCUT2D eigenvalue weighted by Gasteiger charge is -2.18. The van der Waals surface area contributed by atoms with Gasteiger partial charge in [0.2, 0.25) is 0 Å². The van der Waals surface area contributed by atoms with E-state index in [-0.39, 0.29) is 31.1 Å². The summed E-state index contributed by atoms with van der Waals surface area (Å²) in [7, 11) is 0. The molecular weight excluding hydrogens is 997 g/mol. The molecule has 0 aliphatic carbocycles. The molecule has 0 aromatic rings. The summed E-state index contributed by atoms with van der Waals surface area (Å²) in [5.74, 6) is -0.959. The van der Waals surface area contributed by atoms with E-state index in [2.05, 4.69) is 167 Å². The predicted molar refractivity (Wildman–Crippen MR) is 352 cm³/mol. The average Bonchev–Trinajstić information content (AvgIpc) is 3.47. The van der Waals surface area contributed by atoms with Crippen molar-refractivity contribution in [2.75, 3.05) is 13.2 Å². The summed E-state index contributed by atoms with van der Waals surface area (Å²) in [6, 6.07) is 0. The fourth-order valence-electron chi connectivity index (χ4n) is 8.81. The van der Waals surface area contributed by atoms with Gasteiger partial charge in [0.1, 0.15) is 13.2 Å². The zero-order valence-electron chi connectivity index (χ0n) is 52.5. The van der Waals surface area contributed by atoms with E-state index in [0.717, 1.165) is 128 Å². The Morgan fingerprint density at radius 2 is 0.481 bits per heavy atom. The van der Waals surface area contributed by atoms with Crippen LogP contribution < -0.4 is 0 Å². The molecular formula is C75H122O6. The minimum Gasteiger partial charge on any atom is -0.462 e. The van der Waals surface area contributed by atoms with Crippen LogP contribution in [0.25, 0.3) is 0 Å². The zero-order valence-corrected chi connectivity index (χ0v) is 52.5. The van der Waals surface area contributed by atoms with Crippen LogP contribution in [-0.4, -0.2) is 37.2 Å². The lowest BCUT2D eigenvalue weighted by atomic mass is 10.1. The molecule has 0 radical (unpaired) electrons. The molecule has 0 bridgehead atoms. The van der Waals surface area contributed by atoms with Gasteiger partial charge in [0.25, 0.3) is 0 Å². The molecule has 0 N–H and O–H groups in total. The molecule has 1 unspecified atom stereocenters. The first-order valence-electron chi connectivity index (χ1n) is 33.3. The summed E-state index contributed by atoms with van der Waals surface area (Å²) in [6.07, 6.45) is 97.2. The van der Waals surface area contributed by atoms with Crippen LogP contribution in [-0.2, 0) is 28.6 Å². The molecule has 0 aliphatic rings. The molecule has 0 aromatic heterocycles. The van der Waals surface area contributed by atoms with Gasteiger partial charge < -0.3 is 14.2 Å². The van der Waals surface area contributed by atoms with Gasteiger partial charge in [-0.3, -0.25) is 14.4 Å². The van der Waals surface area contributed by atoms with Crippen molar-refractivity contribution >= 4 is 17.9 Å². The highest BCUT2D eigenvalue weighted by atomic mass is 16.6. The molecule has 0 saturated heterocycles. The van der Waals surface area contributed by atoms with E-state index in [9.17, 15) is 14.4 Å². The Morgan fingerprint density at radius 3 is 0.815 bits per heavy atom. The first-order valence-corrected chi connectivity index (χ1v) is 33.3. The third-order valence-corrected chi connectivity index (χ3v) is 13.8. The number of unbranched alkanes of at least 4 members (excludes halogenated alkanes) is 24. The monoisotopic (exact) mass is 1120 g/mol. The molecule has 81 heavy (non-hydrogen) atoms. The van der Waals surface area contributed by atoms with Gasteiger partial charge in [-0.25, -0.2) is 0 Å². The van der Waals surface area contributed by atoms with Crippen molar-refractivity contribution in [1.82, 2.24) is 0 Å². The molecule has 6 heteroatoms. The van der Waals surface area contributed by atoms with Crippen LogP contribution in [0, 0.1) is 0 Å². The number of hydrogen-bond acceptors (Lipinski definition) is 6. The number of rotatable bonds is 59. The van der Waals surface area contributed by atoms with Gasteiger partial charge in [-0.2, -0.15) is 0 Å². The van der Waals surface area contributed by atoms with Crippen molar-refractivity contribution in [3.05, 3.63) is 146 Å². The summed E-state index contributed by atoms with van der Waals surface area (Å²) in [5, 5.41) is 0. The highest BCUT2D eigenvalue weighted by Crippen LogP contribution is 2.15. The minimum atomic E-state index is -0.807. The maximum atomic E-state index is 12.9. The predicted octanol–water partition coefficient (Wildman–Crippen LogP) is 23.1. The van der Waals surface area contributed by atoms with Crippen LogP contribution in [0.3, 0.4) is 0 Å². The average molecular weight is 1120 g/mol. The maximum Gasteiger partial charge on any atom is 0.306 e. The number of carbonyl (C=O) groups is 3. The van der Waals surface area contributed by atoms with Crippen molar-refractivity contribution in [2.24, 2.45) is 0 Å².